The molecule has 22 heavy (non-hydrogen) atoms. The first-order valence-electron chi connectivity index (χ1n) is 6.92. The van der Waals surface area contributed by atoms with Crippen LogP contribution in [0.5, 0.6) is 0 Å². The molecule has 0 amide bonds. The van der Waals surface area contributed by atoms with E-state index in [0.717, 1.165) is 15.4 Å². The number of aliphatic carboxylic acids is 1. The van der Waals surface area contributed by atoms with Crippen molar-refractivity contribution in [3.05, 3.63) is 39.5 Å². The molecule has 0 saturated carbocycles. The summed E-state index contributed by atoms with van der Waals surface area (Å²) in [6.07, 6.45) is 0.179. The molecule has 0 aliphatic carbocycles. The van der Waals surface area contributed by atoms with Crippen LogP contribution >= 0.6 is 15.9 Å². The smallest absolute Gasteiger partial charge is 0.340 e. The van der Waals surface area contributed by atoms with E-state index in [1.54, 1.807) is 13.8 Å². The van der Waals surface area contributed by atoms with E-state index in [0.29, 0.717) is 16.8 Å². The number of carboxylic acid groups (broad SMARTS) is 1. The highest BCUT2D eigenvalue weighted by atomic mass is 79.9. The highest BCUT2D eigenvalue weighted by molar-refractivity contribution is 9.10. The molecule has 0 unspecified atom stereocenters. The van der Waals surface area contributed by atoms with Crippen molar-refractivity contribution in [3.63, 3.8) is 0 Å². The third kappa shape index (κ3) is 3.27. The first kappa shape index (κ1) is 16.4. The zero-order valence-corrected chi connectivity index (χ0v) is 13.9. The Balaban J connectivity index is 2.72. The highest BCUT2D eigenvalue weighted by Gasteiger charge is 2.21. The van der Waals surface area contributed by atoms with E-state index in [1.807, 2.05) is 18.2 Å². The van der Waals surface area contributed by atoms with Crippen LogP contribution in [0.3, 0.4) is 0 Å². The number of hydrogen-bond acceptors (Lipinski definition) is 4. The Morgan fingerprint density at radius 3 is 2.73 bits per heavy atom. The fourth-order valence-electron chi connectivity index (χ4n) is 2.44. The van der Waals surface area contributed by atoms with Gasteiger partial charge in [-0.2, -0.15) is 0 Å². The molecule has 0 bridgehead atoms. The normalized spacial score (nSPS) is 10.7. The van der Waals surface area contributed by atoms with Crippen LogP contribution in [0.4, 0.5) is 0 Å². The molecule has 2 rings (SSSR count). The van der Waals surface area contributed by atoms with E-state index in [9.17, 15) is 9.59 Å². The third-order valence-corrected chi connectivity index (χ3v) is 3.97. The van der Waals surface area contributed by atoms with Crippen LogP contribution in [0, 0.1) is 6.92 Å². The maximum atomic E-state index is 12.3. The molecule has 0 saturated heterocycles. The summed E-state index contributed by atoms with van der Waals surface area (Å²) in [5, 5.41) is 9.74. The average Bonchev–Trinajstić information content (AvgIpc) is 2.44. The Hall–Kier alpha value is -1.95. The van der Waals surface area contributed by atoms with Gasteiger partial charge in [-0.05, 0) is 38.0 Å². The quantitative estimate of drug-likeness (QED) is 0.820. The molecule has 0 spiro atoms. The van der Waals surface area contributed by atoms with Crippen LogP contribution in [-0.4, -0.2) is 28.6 Å². The van der Waals surface area contributed by atoms with Gasteiger partial charge >= 0.3 is 11.9 Å². The van der Waals surface area contributed by atoms with Crippen LogP contribution in [0.15, 0.2) is 22.7 Å². The van der Waals surface area contributed by atoms with Gasteiger partial charge in [-0.1, -0.05) is 22.0 Å². The van der Waals surface area contributed by atoms with Gasteiger partial charge in [0.25, 0.3) is 0 Å². The number of fused-ring (bicyclic) bond motifs is 1. The van der Waals surface area contributed by atoms with E-state index in [2.05, 4.69) is 20.9 Å². The molecule has 0 aliphatic heterocycles. The molecule has 1 aromatic heterocycles. The van der Waals surface area contributed by atoms with E-state index >= 15 is 0 Å². The van der Waals surface area contributed by atoms with Gasteiger partial charge < -0.3 is 9.84 Å². The Morgan fingerprint density at radius 2 is 2.09 bits per heavy atom. The molecule has 5 nitrogen and oxygen atoms in total. The molecule has 0 fully saturated rings. The highest BCUT2D eigenvalue weighted by Crippen LogP contribution is 2.31. The second-order valence-electron chi connectivity index (χ2n) is 4.80. The Labute approximate surface area is 136 Å². The SMILES string of the molecule is CCOC(=O)c1c(C)nc2cccc(Br)c2c1CCC(=O)O. The minimum absolute atomic E-state index is 0.0632. The predicted molar refractivity (Wildman–Crippen MR) is 86.1 cm³/mol. The summed E-state index contributed by atoms with van der Waals surface area (Å²) >= 11 is 3.46. The number of aryl methyl sites for hydroxylation is 2. The van der Waals surface area contributed by atoms with Crippen LogP contribution in [-0.2, 0) is 16.0 Å². The maximum Gasteiger partial charge on any atom is 0.340 e. The summed E-state index contributed by atoms with van der Waals surface area (Å²) in [6.45, 7) is 3.72. The number of halogens is 1. The molecule has 1 N–H and O–H groups in total. The minimum atomic E-state index is -0.913. The minimum Gasteiger partial charge on any atom is -0.481 e. The largest absolute Gasteiger partial charge is 0.481 e. The van der Waals surface area contributed by atoms with Gasteiger partial charge in [-0.3, -0.25) is 9.78 Å². The predicted octanol–water partition coefficient (Wildman–Crippen LogP) is 3.50. The molecule has 1 heterocycles. The van der Waals surface area contributed by atoms with E-state index in [1.165, 1.54) is 0 Å². The first-order chi connectivity index (χ1) is 10.5. The Kier molecular flexibility index (Phi) is 5.13. The monoisotopic (exact) mass is 365 g/mol. The number of benzene rings is 1. The molecule has 0 aliphatic rings. The van der Waals surface area contributed by atoms with Crippen molar-refractivity contribution in [2.75, 3.05) is 6.61 Å². The van der Waals surface area contributed by atoms with Crippen molar-refractivity contribution in [2.45, 2.75) is 26.7 Å². The van der Waals surface area contributed by atoms with Gasteiger partial charge in [0.15, 0.2) is 0 Å². The van der Waals surface area contributed by atoms with Crippen molar-refractivity contribution in [2.24, 2.45) is 0 Å². The zero-order chi connectivity index (χ0) is 16.3. The lowest BCUT2D eigenvalue weighted by Crippen LogP contribution is -2.13. The number of esters is 1. The molecule has 6 heteroatoms. The van der Waals surface area contributed by atoms with Gasteiger partial charge in [-0.25, -0.2) is 4.79 Å². The molecule has 0 atom stereocenters. The maximum absolute atomic E-state index is 12.3. The summed E-state index contributed by atoms with van der Waals surface area (Å²) < 4.78 is 5.88. The number of rotatable bonds is 5. The first-order valence-corrected chi connectivity index (χ1v) is 7.71. The lowest BCUT2D eigenvalue weighted by molar-refractivity contribution is -0.136. The van der Waals surface area contributed by atoms with Gasteiger partial charge in [0.05, 0.1) is 23.4 Å². The number of aromatic nitrogens is 1. The summed E-state index contributed by atoms with van der Waals surface area (Å²) in [5.74, 6) is -1.38. The van der Waals surface area contributed by atoms with Crippen molar-refractivity contribution >= 4 is 38.8 Å². The van der Waals surface area contributed by atoms with E-state index < -0.39 is 11.9 Å². The summed E-state index contributed by atoms with van der Waals surface area (Å²) in [4.78, 5) is 27.7. The number of ether oxygens (including phenoxy) is 1. The standard InChI is InChI=1S/C16H16BrNO4/c1-3-22-16(21)14-9(2)18-12-6-4-5-11(17)15(12)10(14)7-8-13(19)20/h4-6H,3,7-8H2,1-2H3,(H,19,20). The van der Waals surface area contributed by atoms with Crippen LogP contribution < -0.4 is 0 Å². The molecular formula is C16H16BrNO4. The van der Waals surface area contributed by atoms with Crippen LogP contribution in [0.25, 0.3) is 10.9 Å². The lowest BCUT2D eigenvalue weighted by atomic mass is 9.96. The average molecular weight is 366 g/mol. The number of carboxylic acids is 1. The van der Waals surface area contributed by atoms with Crippen LogP contribution in [0.1, 0.15) is 35.0 Å². The van der Waals surface area contributed by atoms with Crippen molar-refractivity contribution < 1.29 is 19.4 Å². The van der Waals surface area contributed by atoms with Crippen molar-refractivity contribution in [1.29, 1.82) is 0 Å². The summed E-state index contributed by atoms with van der Waals surface area (Å²) in [5.41, 5.74) is 2.29. The number of carbonyl (C=O) groups is 2. The molecule has 116 valence electrons. The number of pyridine rings is 1. The van der Waals surface area contributed by atoms with Crippen molar-refractivity contribution in [1.82, 2.24) is 4.98 Å². The number of nitrogens with zero attached hydrogens (tertiary/aromatic N) is 1. The molecule has 2 aromatic rings. The fraction of sp³-hybridized carbons (Fsp3) is 0.312. The molecule has 1 aromatic carbocycles. The third-order valence-electron chi connectivity index (χ3n) is 3.31. The van der Waals surface area contributed by atoms with E-state index in [-0.39, 0.29) is 19.4 Å². The van der Waals surface area contributed by atoms with Gasteiger partial charge in [-0.15, -0.1) is 0 Å². The Morgan fingerprint density at radius 1 is 1.36 bits per heavy atom. The summed E-state index contributed by atoms with van der Waals surface area (Å²) in [7, 11) is 0. The second kappa shape index (κ2) is 6.87. The molecular weight excluding hydrogens is 350 g/mol. The fourth-order valence-corrected chi connectivity index (χ4v) is 3.04. The van der Waals surface area contributed by atoms with Gasteiger partial charge in [0.2, 0.25) is 0 Å². The van der Waals surface area contributed by atoms with Crippen LogP contribution in [0.2, 0.25) is 0 Å². The van der Waals surface area contributed by atoms with Crippen molar-refractivity contribution in [3.8, 4) is 0 Å². The topological polar surface area (TPSA) is 76.5 Å². The molecule has 0 radical (unpaired) electrons. The number of carbonyl (C=O) groups excluding carboxylic acids is 1. The van der Waals surface area contributed by atoms with Gasteiger partial charge in [0, 0.05) is 16.3 Å². The second-order valence-corrected chi connectivity index (χ2v) is 5.65. The lowest BCUT2D eigenvalue weighted by Gasteiger charge is -2.15. The zero-order valence-electron chi connectivity index (χ0n) is 12.4. The van der Waals surface area contributed by atoms with E-state index in [4.69, 9.17) is 9.84 Å². The van der Waals surface area contributed by atoms with Gasteiger partial charge in [0.1, 0.15) is 0 Å². The summed E-state index contributed by atoms with van der Waals surface area (Å²) in [6, 6.07) is 5.54. The Bertz CT molecular complexity index is 742. The number of hydrogen-bond donors (Lipinski definition) is 1.